The summed E-state index contributed by atoms with van der Waals surface area (Å²) in [5.41, 5.74) is 0. The second kappa shape index (κ2) is 7.88. The number of rotatable bonds is 8. The van der Waals surface area contributed by atoms with Crippen LogP contribution in [-0.4, -0.2) is 45.7 Å². The van der Waals surface area contributed by atoms with Crippen molar-refractivity contribution in [2.45, 2.75) is 49.4 Å². The highest BCUT2D eigenvalue weighted by atomic mass is 32.2. The van der Waals surface area contributed by atoms with E-state index in [4.69, 9.17) is 4.74 Å². The zero-order valence-electron chi connectivity index (χ0n) is 14.0. The molecule has 0 aromatic carbocycles. The van der Waals surface area contributed by atoms with Crippen LogP contribution in [0, 0.1) is 0 Å². The number of nitrogens with one attached hydrogen (secondary N) is 1. The average molecular weight is 379 g/mol. The predicted octanol–water partition coefficient (Wildman–Crippen LogP) is 2.65. The summed E-state index contributed by atoms with van der Waals surface area (Å²) in [5, 5.41) is 14.6. The summed E-state index contributed by atoms with van der Waals surface area (Å²) in [6, 6.07) is 4.69. The van der Waals surface area contributed by atoms with Crippen molar-refractivity contribution in [2.75, 3.05) is 18.9 Å². The van der Waals surface area contributed by atoms with Gasteiger partial charge in [-0.25, -0.2) is 0 Å². The molecule has 2 aliphatic rings. The smallest absolute Gasteiger partial charge is 0.230 e. The number of carbonyl (C=O) groups excluding carboxylic acids is 1. The number of carbonyl (C=O) groups is 1. The Morgan fingerprint density at radius 1 is 1.40 bits per heavy atom. The zero-order chi connectivity index (χ0) is 17.1. The van der Waals surface area contributed by atoms with E-state index in [1.165, 1.54) is 29.5 Å². The standard InChI is InChI=1S/C17H22N4O2S2/c22-16(18-10-13-3-1-7-23-13)11-25-17-20-19-15(21(17)12-5-6-12)9-14-4-2-8-24-14/h2,4,8,12-13H,1,3,5-7,9-11H2,(H,18,22). The molecule has 25 heavy (non-hydrogen) atoms. The van der Waals surface area contributed by atoms with Crippen molar-refractivity contribution in [1.82, 2.24) is 20.1 Å². The molecule has 0 radical (unpaired) electrons. The van der Waals surface area contributed by atoms with Gasteiger partial charge in [0.15, 0.2) is 5.16 Å². The van der Waals surface area contributed by atoms with E-state index in [0.29, 0.717) is 18.3 Å². The molecule has 1 N–H and O–H groups in total. The average Bonchev–Trinajstić information content (AvgIpc) is 3.05. The molecular weight excluding hydrogens is 356 g/mol. The summed E-state index contributed by atoms with van der Waals surface area (Å²) in [6.07, 6.45) is 5.47. The second-order valence-corrected chi connectivity index (χ2v) is 8.46. The molecule has 1 unspecified atom stereocenters. The molecule has 1 aliphatic carbocycles. The Morgan fingerprint density at radius 3 is 3.04 bits per heavy atom. The van der Waals surface area contributed by atoms with E-state index in [1.54, 1.807) is 11.3 Å². The van der Waals surface area contributed by atoms with Crippen LogP contribution < -0.4 is 5.32 Å². The number of aromatic nitrogens is 3. The summed E-state index contributed by atoms with van der Waals surface area (Å²) in [6.45, 7) is 1.42. The van der Waals surface area contributed by atoms with Gasteiger partial charge in [-0.05, 0) is 37.1 Å². The highest BCUT2D eigenvalue weighted by Gasteiger charge is 2.30. The molecule has 6 nitrogen and oxygen atoms in total. The maximum absolute atomic E-state index is 12.1. The largest absolute Gasteiger partial charge is 0.376 e. The predicted molar refractivity (Wildman–Crippen MR) is 98.1 cm³/mol. The molecule has 0 bridgehead atoms. The van der Waals surface area contributed by atoms with Crippen molar-refractivity contribution in [3.63, 3.8) is 0 Å². The van der Waals surface area contributed by atoms with E-state index in [9.17, 15) is 4.79 Å². The van der Waals surface area contributed by atoms with Gasteiger partial charge in [0.25, 0.3) is 0 Å². The molecule has 2 aromatic heterocycles. The molecule has 134 valence electrons. The second-order valence-electron chi connectivity index (χ2n) is 6.48. The van der Waals surface area contributed by atoms with E-state index < -0.39 is 0 Å². The van der Waals surface area contributed by atoms with E-state index in [-0.39, 0.29) is 12.0 Å². The van der Waals surface area contributed by atoms with E-state index in [2.05, 4.69) is 37.6 Å². The highest BCUT2D eigenvalue weighted by molar-refractivity contribution is 7.99. The lowest BCUT2D eigenvalue weighted by atomic mass is 10.2. The van der Waals surface area contributed by atoms with Gasteiger partial charge < -0.3 is 14.6 Å². The summed E-state index contributed by atoms with van der Waals surface area (Å²) in [5.74, 6) is 1.41. The lowest BCUT2D eigenvalue weighted by molar-refractivity contribution is -0.119. The van der Waals surface area contributed by atoms with Crippen molar-refractivity contribution in [1.29, 1.82) is 0 Å². The molecular formula is C17H22N4O2S2. The van der Waals surface area contributed by atoms with Crippen molar-refractivity contribution < 1.29 is 9.53 Å². The van der Waals surface area contributed by atoms with Crippen molar-refractivity contribution in [2.24, 2.45) is 0 Å². The number of hydrogen-bond donors (Lipinski definition) is 1. The van der Waals surface area contributed by atoms with Gasteiger partial charge in [-0.3, -0.25) is 4.79 Å². The summed E-state index contributed by atoms with van der Waals surface area (Å²) < 4.78 is 7.77. The van der Waals surface area contributed by atoms with Gasteiger partial charge in [0.1, 0.15) is 5.82 Å². The number of thiophene rings is 1. The minimum atomic E-state index is 0.0330. The van der Waals surface area contributed by atoms with Gasteiger partial charge in [-0.1, -0.05) is 17.8 Å². The Bertz CT molecular complexity index is 706. The Balaban J connectivity index is 1.33. The lowest BCUT2D eigenvalue weighted by Crippen LogP contribution is -2.32. The first-order valence-electron chi connectivity index (χ1n) is 8.77. The Kier molecular flexibility index (Phi) is 5.38. The zero-order valence-corrected chi connectivity index (χ0v) is 15.7. The molecule has 2 aromatic rings. The van der Waals surface area contributed by atoms with Crippen LogP contribution in [-0.2, 0) is 16.0 Å². The first-order valence-corrected chi connectivity index (χ1v) is 10.6. The first-order chi connectivity index (χ1) is 12.3. The van der Waals surface area contributed by atoms with Crippen LogP contribution in [0.25, 0.3) is 0 Å². The lowest BCUT2D eigenvalue weighted by Gasteiger charge is -2.11. The maximum Gasteiger partial charge on any atom is 0.230 e. The fourth-order valence-electron chi connectivity index (χ4n) is 3.01. The minimum absolute atomic E-state index is 0.0330. The van der Waals surface area contributed by atoms with E-state index in [0.717, 1.165) is 36.9 Å². The van der Waals surface area contributed by atoms with Gasteiger partial charge in [0.05, 0.1) is 11.9 Å². The molecule has 4 rings (SSSR count). The molecule has 0 spiro atoms. The maximum atomic E-state index is 12.1. The molecule has 1 aliphatic heterocycles. The molecule has 3 heterocycles. The molecule has 1 saturated heterocycles. The van der Waals surface area contributed by atoms with E-state index in [1.807, 2.05) is 0 Å². The van der Waals surface area contributed by atoms with Crippen LogP contribution in [0.1, 0.15) is 42.4 Å². The van der Waals surface area contributed by atoms with Crippen LogP contribution in [0.5, 0.6) is 0 Å². The van der Waals surface area contributed by atoms with Crippen LogP contribution in [0.4, 0.5) is 0 Å². The molecule has 1 saturated carbocycles. The molecule has 1 amide bonds. The number of nitrogens with zero attached hydrogens (tertiary/aromatic N) is 3. The normalized spacial score (nSPS) is 20.1. The van der Waals surface area contributed by atoms with Gasteiger partial charge in [-0.15, -0.1) is 21.5 Å². The number of ether oxygens (including phenoxy) is 1. The third-order valence-corrected chi connectivity index (χ3v) is 6.26. The highest BCUT2D eigenvalue weighted by Crippen LogP contribution is 2.39. The number of thioether (sulfide) groups is 1. The molecule has 1 atom stereocenters. The summed E-state index contributed by atoms with van der Waals surface area (Å²) in [4.78, 5) is 13.4. The molecule has 8 heteroatoms. The monoisotopic (exact) mass is 378 g/mol. The SMILES string of the molecule is O=C(CSc1nnc(Cc2cccs2)n1C1CC1)NCC1CCCO1. The topological polar surface area (TPSA) is 69.0 Å². The van der Waals surface area contributed by atoms with Gasteiger partial charge in [0.2, 0.25) is 5.91 Å². The van der Waals surface area contributed by atoms with Crippen molar-refractivity contribution >= 4 is 29.0 Å². The number of amides is 1. The fourth-order valence-corrected chi connectivity index (χ4v) is 4.56. The Hall–Kier alpha value is -1.38. The number of hydrogen-bond acceptors (Lipinski definition) is 6. The quantitative estimate of drug-likeness (QED) is 0.715. The third kappa shape index (κ3) is 4.43. The van der Waals surface area contributed by atoms with E-state index >= 15 is 0 Å². The Morgan fingerprint density at radius 2 is 2.32 bits per heavy atom. The van der Waals surface area contributed by atoms with Crippen LogP contribution in [0.3, 0.4) is 0 Å². The summed E-state index contributed by atoms with van der Waals surface area (Å²) in [7, 11) is 0. The van der Waals surface area contributed by atoms with Gasteiger partial charge in [0, 0.05) is 30.5 Å². The van der Waals surface area contributed by atoms with Gasteiger partial charge >= 0.3 is 0 Å². The van der Waals surface area contributed by atoms with Crippen LogP contribution >= 0.6 is 23.1 Å². The van der Waals surface area contributed by atoms with Crippen molar-refractivity contribution in [3.05, 3.63) is 28.2 Å². The summed E-state index contributed by atoms with van der Waals surface area (Å²) >= 11 is 3.22. The molecule has 2 fully saturated rings. The minimum Gasteiger partial charge on any atom is -0.376 e. The van der Waals surface area contributed by atoms with Gasteiger partial charge in [-0.2, -0.15) is 0 Å². The fraction of sp³-hybridized carbons (Fsp3) is 0.588. The van der Waals surface area contributed by atoms with Crippen molar-refractivity contribution in [3.8, 4) is 0 Å². The Labute approximate surface area is 155 Å². The third-order valence-electron chi connectivity index (χ3n) is 4.44. The first kappa shape index (κ1) is 17.1. The van der Waals surface area contributed by atoms with Crippen LogP contribution in [0.15, 0.2) is 22.7 Å². The van der Waals surface area contributed by atoms with Crippen LogP contribution in [0.2, 0.25) is 0 Å².